The predicted octanol–water partition coefficient (Wildman–Crippen LogP) is 3.55. The second-order valence-electron chi connectivity index (χ2n) is 3.54. The number of nitrogens with zero attached hydrogens (tertiary/aromatic N) is 1. The molecule has 92 valence electrons. The number of rotatable bonds is 1. The molecule has 0 saturated carbocycles. The Hall–Kier alpha value is -1.27. The zero-order chi connectivity index (χ0) is 12.8. The average molecular weight is 266 g/mol. The summed E-state index contributed by atoms with van der Waals surface area (Å²) in [7, 11) is 0. The van der Waals surface area contributed by atoms with Gasteiger partial charge in [0.05, 0.1) is 11.8 Å². The van der Waals surface area contributed by atoms with Crippen molar-refractivity contribution in [1.29, 1.82) is 0 Å². The lowest BCUT2D eigenvalue weighted by molar-refractivity contribution is -0.136. The molecule has 0 aliphatic carbocycles. The van der Waals surface area contributed by atoms with Crippen molar-refractivity contribution in [3.05, 3.63) is 28.7 Å². The molecule has 17 heavy (non-hydrogen) atoms. The summed E-state index contributed by atoms with van der Waals surface area (Å²) in [6.45, 7) is 1.39. The van der Waals surface area contributed by atoms with Crippen molar-refractivity contribution < 1.29 is 22.7 Å². The van der Waals surface area contributed by atoms with Crippen LogP contribution in [0.25, 0.3) is 11.0 Å². The average Bonchev–Trinajstić information content (AvgIpc) is 2.60. The molecule has 0 spiro atoms. The maximum absolute atomic E-state index is 12.6. The monoisotopic (exact) mass is 265 g/mol. The molecular formula is C10H7ClF3NO2. The molecule has 0 fully saturated rings. The fourth-order valence-corrected chi connectivity index (χ4v) is 1.69. The van der Waals surface area contributed by atoms with E-state index in [9.17, 15) is 18.3 Å². The van der Waals surface area contributed by atoms with Gasteiger partial charge in [-0.25, -0.2) is 4.98 Å². The molecule has 2 rings (SSSR count). The minimum Gasteiger partial charge on any atom is -0.460 e. The van der Waals surface area contributed by atoms with Crippen LogP contribution < -0.4 is 0 Å². The van der Waals surface area contributed by atoms with E-state index in [0.29, 0.717) is 6.26 Å². The minimum atomic E-state index is -4.54. The highest BCUT2D eigenvalue weighted by Gasteiger charge is 2.35. The number of hydrogen-bond acceptors (Lipinski definition) is 3. The molecule has 7 heteroatoms. The van der Waals surface area contributed by atoms with E-state index in [4.69, 9.17) is 16.0 Å². The molecule has 3 nitrogen and oxygen atoms in total. The quantitative estimate of drug-likeness (QED) is 0.802. The molecule has 1 unspecified atom stereocenters. The molecule has 0 aliphatic rings. The van der Waals surface area contributed by atoms with Crippen LogP contribution in [0.4, 0.5) is 13.2 Å². The van der Waals surface area contributed by atoms with Crippen molar-refractivity contribution in [3.8, 4) is 0 Å². The molecule has 2 heterocycles. The lowest BCUT2D eigenvalue weighted by Gasteiger charge is -2.06. The van der Waals surface area contributed by atoms with Gasteiger partial charge >= 0.3 is 6.18 Å². The van der Waals surface area contributed by atoms with E-state index in [1.807, 2.05) is 0 Å². The summed E-state index contributed by atoms with van der Waals surface area (Å²) in [5.74, 6) is 0. The largest absolute Gasteiger partial charge is 0.460 e. The summed E-state index contributed by atoms with van der Waals surface area (Å²) < 4.78 is 42.6. The zero-order valence-corrected chi connectivity index (χ0v) is 9.30. The third kappa shape index (κ3) is 2.10. The Morgan fingerprint density at radius 3 is 2.65 bits per heavy atom. The van der Waals surface area contributed by atoms with Crippen LogP contribution in [-0.2, 0) is 6.18 Å². The van der Waals surface area contributed by atoms with Gasteiger partial charge in [-0.15, -0.1) is 0 Å². The summed E-state index contributed by atoms with van der Waals surface area (Å²) in [6.07, 6.45) is -4.96. The van der Waals surface area contributed by atoms with Gasteiger partial charge in [0.25, 0.3) is 0 Å². The first-order valence-electron chi connectivity index (χ1n) is 4.63. The van der Waals surface area contributed by atoms with E-state index in [0.717, 1.165) is 6.07 Å². The Kier molecular flexibility index (Phi) is 2.79. The molecule has 2 aromatic rings. The van der Waals surface area contributed by atoms with Gasteiger partial charge in [0.15, 0.2) is 10.7 Å². The highest BCUT2D eigenvalue weighted by Crippen LogP contribution is 2.38. The van der Waals surface area contributed by atoms with Crippen LogP contribution in [0.15, 0.2) is 16.7 Å². The molecule has 0 amide bonds. The smallest absolute Gasteiger partial charge is 0.420 e. The van der Waals surface area contributed by atoms with E-state index in [2.05, 4.69) is 4.98 Å². The van der Waals surface area contributed by atoms with Crippen molar-refractivity contribution in [2.24, 2.45) is 0 Å². The molecule has 0 aliphatic heterocycles. The van der Waals surface area contributed by atoms with Crippen molar-refractivity contribution in [2.75, 3.05) is 0 Å². The Morgan fingerprint density at radius 1 is 1.47 bits per heavy atom. The second kappa shape index (κ2) is 3.89. The molecule has 0 bridgehead atoms. The summed E-state index contributed by atoms with van der Waals surface area (Å²) in [4.78, 5) is 3.75. The Bertz CT molecular complexity index is 562. The van der Waals surface area contributed by atoms with Gasteiger partial charge in [0.2, 0.25) is 0 Å². The van der Waals surface area contributed by atoms with Gasteiger partial charge in [-0.2, -0.15) is 13.2 Å². The van der Waals surface area contributed by atoms with Gasteiger partial charge in [-0.05, 0) is 13.0 Å². The van der Waals surface area contributed by atoms with Crippen LogP contribution in [0.1, 0.15) is 24.3 Å². The van der Waals surface area contributed by atoms with Crippen molar-refractivity contribution in [2.45, 2.75) is 19.2 Å². The highest BCUT2D eigenvalue weighted by molar-refractivity contribution is 6.33. The lowest BCUT2D eigenvalue weighted by Crippen LogP contribution is -2.04. The van der Waals surface area contributed by atoms with Crippen LogP contribution in [-0.4, -0.2) is 10.1 Å². The van der Waals surface area contributed by atoms with Gasteiger partial charge in [0, 0.05) is 5.39 Å². The predicted molar refractivity (Wildman–Crippen MR) is 54.7 cm³/mol. The molecule has 1 N–H and O–H groups in total. The molecule has 2 aromatic heterocycles. The number of aliphatic hydroxyl groups is 1. The summed E-state index contributed by atoms with van der Waals surface area (Å²) >= 11 is 5.69. The molecule has 0 aromatic carbocycles. The summed E-state index contributed by atoms with van der Waals surface area (Å²) in [6, 6.07) is 1.12. The molecule has 1 atom stereocenters. The van der Waals surface area contributed by atoms with Crippen LogP contribution >= 0.6 is 11.6 Å². The Morgan fingerprint density at radius 2 is 2.12 bits per heavy atom. The maximum Gasteiger partial charge on any atom is 0.420 e. The highest BCUT2D eigenvalue weighted by atomic mass is 35.5. The SMILES string of the molecule is CC(O)c1cc2c(C(F)(F)F)coc2c(Cl)n1. The third-order valence-electron chi connectivity index (χ3n) is 2.27. The first kappa shape index (κ1) is 12.2. The van der Waals surface area contributed by atoms with Crippen LogP contribution in [0.3, 0.4) is 0 Å². The lowest BCUT2D eigenvalue weighted by atomic mass is 10.1. The Balaban J connectivity index is 2.75. The maximum atomic E-state index is 12.6. The van der Waals surface area contributed by atoms with Crippen molar-refractivity contribution >= 4 is 22.6 Å². The number of pyridine rings is 1. The first-order valence-corrected chi connectivity index (χ1v) is 5.01. The number of furan rings is 1. The standard InChI is InChI=1S/C10H7ClF3NO2/c1-4(16)7-2-5-6(10(12,13)14)3-17-8(5)9(11)15-7/h2-4,16H,1H3. The van der Waals surface area contributed by atoms with E-state index in [1.54, 1.807) is 0 Å². The van der Waals surface area contributed by atoms with Gasteiger partial charge in [0.1, 0.15) is 11.8 Å². The number of alkyl halides is 3. The number of halogens is 4. The number of aromatic nitrogens is 1. The Labute approximate surface area is 98.8 Å². The number of fused-ring (bicyclic) bond motifs is 1. The zero-order valence-electron chi connectivity index (χ0n) is 8.55. The van der Waals surface area contributed by atoms with Gasteiger partial charge < -0.3 is 9.52 Å². The van der Waals surface area contributed by atoms with Crippen LogP contribution in [0, 0.1) is 0 Å². The molecule has 0 saturated heterocycles. The summed E-state index contributed by atoms with van der Waals surface area (Å²) in [5.41, 5.74) is -1.00. The van der Waals surface area contributed by atoms with Gasteiger partial charge in [-0.1, -0.05) is 11.6 Å². The van der Waals surface area contributed by atoms with Crippen LogP contribution in [0.5, 0.6) is 0 Å². The topological polar surface area (TPSA) is 46.3 Å². The molecular weight excluding hydrogens is 259 g/mol. The molecule has 0 radical (unpaired) electrons. The van der Waals surface area contributed by atoms with E-state index in [1.165, 1.54) is 6.92 Å². The fourth-order valence-electron chi connectivity index (χ4n) is 1.45. The fraction of sp³-hybridized carbons (Fsp3) is 0.300. The normalized spacial score (nSPS) is 14.2. The minimum absolute atomic E-state index is 0.0643. The van der Waals surface area contributed by atoms with Crippen molar-refractivity contribution in [3.63, 3.8) is 0 Å². The second-order valence-corrected chi connectivity index (χ2v) is 3.90. The third-order valence-corrected chi connectivity index (χ3v) is 2.53. The van der Waals surface area contributed by atoms with E-state index < -0.39 is 17.8 Å². The number of hydrogen-bond donors (Lipinski definition) is 1. The van der Waals surface area contributed by atoms with E-state index >= 15 is 0 Å². The number of aliphatic hydroxyl groups excluding tert-OH is 1. The van der Waals surface area contributed by atoms with Gasteiger partial charge in [-0.3, -0.25) is 0 Å². The van der Waals surface area contributed by atoms with Crippen molar-refractivity contribution in [1.82, 2.24) is 4.98 Å². The summed E-state index contributed by atoms with van der Waals surface area (Å²) in [5, 5.41) is 8.91. The van der Waals surface area contributed by atoms with Crippen LogP contribution in [0.2, 0.25) is 5.15 Å². The van der Waals surface area contributed by atoms with E-state index in [-0.39, 0.29) is 21.8 Å². The first-order chi connectivity index (χ1) is 7.80.